The van der Waals surface area contributed by atoms with Crippen molar-refractivity contribution in [3.63, 3.8) is 0 Å². The number of carbonyl (C=O) groups excluding carboxylic acids is 1. The molecule has 0 bridgehead atoms. The third-order valence-corrected chi connectivity index (χ3v) is 3.67. The molecule has 1 fully saturated rings. The van der Waals surface area contributed by atoms with Gasteiger partial charge in [-0.2, -0.15) is 0 Å². The van der Waals surface area contributed by atoms with Crippen LogP contribution >= 0.6 is 0 Å². The van der Waals surface area contributed by atoms with E-state index >= 15 is 0 Å². The maximum absolute atomic E-state index is 12.4. The van der Waals surface area contributed by atoms with Crippen LogP contribution in [0, 0.1) is 0 Å². The van der Waals surface area contributed by atoms with Crippen molar-refractivity contribution in [2.24, 2.45) is 5.73 Å². The molecular formula is C15H22N2O. The number of hydrogen-bond acceptors (Lipinski definition) is 2. The second-order valence-corrected chi connectivity index (χ2v) is 5.22. The molecule has 1 amide bonds. The van der Waals surface area contributed by atoms with Crippen LogP contribution in [0.2, 0.25) is 0 Å². The van der Waals surface area contributed by atoms with E-state index in [2.05, 4.69) is 19.1 Å². The van der Waals surface area contributed by atoms with E-state index < -0.39 is 5.54 Å². The molecule has 1 aliphatic rings. The van der Waals surface area contributed by atoms with Gasteiger partial charge >= 0.3 is 0 Å². The first-order valence-corrected chi connectivity index (χ1v) is 6.78. The molecular weight excluding hydrogens is 224 g/mol. The van der Waals surface area contributed by atoms with E-state index in [1.807, 2.05) is 23.1 Å². The largest absolute Gasteiger partial charge is 0.337 e. The van der Waals surface area contributed by atoms with Gasteiger partial charge in [0.2, 0.25) is 5.91 Å². The van der Waals surface area contributed by atoms with Gasteiger partial charge < -0.3 is 10.6 Å². The highest BCUT2D eigenvalue weighted by Gasteiger charge is 2.42. The highest BCUT2D eigenvalue weighted by molar-refractivity contribution is 5.87. The fraction of sp³-hybridized carbons (Fsp3) is 0.533. The summed E-state index contributed by atoms with van der Waals surface area (Å²) in [7, 11) is 0. The lowest BCUT2D eigenvalue weighted by atomic mass is 9.76. The van der Waals surface area contributed by atoms with Crippen molar-refractivity contribution in [2.75, 3.05) is 6.54 Å². The van der Waals surface area contributed by atoms with E-state index in [4.69, 9.17) is 5.73 Å². The molecule has 0 atom stereocenters. The first-order valence-electron chi connectivity index (χ1n) is 6.78. The Bertz CT molecular complexity index is 398. The lowest BCUT2D eigenvalue weighted by Gasteiger charge is -2.40. The number of nitrogens with two attached hydrogens (primary N) is 1. The Morgan fingerprint density at radius 1 is 1.33 bits per heavy atom. The van der Waals surface area contributed by atoms with Crippen LogP contribution in [0.1, 0.15) is 38.2 Å². The first-order chi connectivity index (χ1) is 8.65. The number of carbonyl (C=O) groups is 1. The van der Waals surface area contributed by atoms with E-state index in [1.54, 1.807) is 0 Å². The van der Waals surface area contributed by atoms with Gasteiger partial charge in [0, 0.05) is 13.1 Å². The van der Waals surface area contributed by atoms with Gasteiger partial charge in [-0.25, -0.2) is 0 Å². The number of benzene rings is 1. The monoisotopic (exact) mass is 246 g/mol. The molecule has 0 unspecified atom stereocenters. The van der Waals surface area contributed by atoms with Crippen LogP contribution in [0.4, 0.5) is 0 Å². The van der Waals surface area contributed by atoms with Gasteiger partial charge in [0.05, 0.1) is 5.54 Å². The van der Waals surface area contributed by atoms with E-state index in [-0.39, 0.29) is 5.91 Å². The average molecular weight is 246 g/mol. The summed E-state index contributed by atoms with van der Waals surface area (Å²) < 4.78 is 0. The normalized spacial score (nSPS) is 17.0. The van der Waals surface area contributed by atoms with Crippen molar-refractivity contribution in [2.45, 2.75) is 44.7 Å². The maximum Gasteiger partial charge on any atom is 0.242 e. The number of nitrogens with zero attached hydrogens (tertiary/aromatic N) is 1. The van der Waals surface area contributed by atoms with E-state index in [0.29, 0.717) is 6.54 Å². The molecule has 98 valence electrons. The van der Waals surface area contributed by atoms with Gasteiger partial charge in [-0.1, -0.05) is 37.3 Å². The van der Waals surface area contributed by atoms with Crippen molar-refractivity contribution in [1.82, 2.24) is 4.90 Å². The number of hydrogen-bond donors (Lipinski definition) is 1. The smallest absolute Gasteiger partial charge is 0.242 e. The molecule has 0 aromatic heterocycles. The highest BCUT2D eigenvalue weighted by Crippen LogP contribution is 2.31. The van der Waals surface area contributed by atoms with Crippen molar-refractivity contribution in [3.05, 3.63) is 35.9 Å². The summed E-state index contributed by atoms with van der Waals surface area (Å²) in [5.74, 6) is 0.124. The second kappa shape index (κ2) is 5.53. The van der Waals surface area contributed by atoms with Crippen LogP contribution in [-0.4, -0.2) is 22.9 Å². The third kappa shape index (κ3) is 2.72. The topological polar surface area (TPSA) is 46.3 Å². The highest BCUT2D eigenvalue weighted by atomic mass is 16.2. The van der Waals surface area contributed by atoms with Crippen molar-refractivity contribution in [3.8, 4) is 0 Å². The Labute approximate surface area is 109 Å². The Balaban J connectivity index is 2.06. The molecule has 3 nitrogen and oxygen atoms in total. The minimum atomic E-state index is -0.579. The predicted molar refractivity (Wildman–Crippen MR) is 72.9 cm³/mol. The second-order valence-electron chi connectivity index (χ2n) is 5.22. The van der Waals surface area contributed by atoms with Crippen LogP contribution in [-0.2, 0) is 11.3 Å². The zero-order valence-corrected chi connectivity index (χ0v) is 11.1. The molecule has 2 rings (SSSR count). The summed E-state index contributed by atoms with van der Waals surface area (Å²) in [5, 5.41) is 0. The third-order valence-electron chi connectivity index (χ3n) is 3.67. The maximum atomic E-state index is 12.4. The van der Waals surface area contributed by atoms with E-state index in [0.717, 1.165) is 32.2 Å². The summed E-state index contributed by atoms with van der Waals surface area (Å²) in [4.78, 5) is 14.4. The van der Waals surface area contributed by atoms with Crippen LogP contribution in [0.15, 0.2) is 30.3 Å². The molecule has 0 aliphatic heterocycles. The fourth-order valence-electron chi connectivity index (χ4n) is 2.41. The minimum Gasteiger partial charge on any atom is -0.337 e. The number of amides is 1. The molecule has 0 spiro atoms. The number of rotatable bonds is 5. The summed E-state index contributed by atoms with van der Waals surface area (Å²) in [5.41, 5.74) is 6.73. The standard InChI is InChI=1S/C15H22N2O/c1-2-11-17(12-13-7-4-3-5-8-13)14(18)15(16)9-6-10-15/h3-5,7-8H,2,6,9-12,16H2,1H3. The molecule has 1 aromatic carbocycles. The van der Waals surface area contributed by atoms with Gasteiger partial charge in [-0.05, 0) is 31.2 Å². The van der Waals surface area contributed by atoms with E-state index in [1.165, 1.54) is 5.56 Å². The zero-order valence-electron chi connectivity index (χ0n) is 11.1. The summed E-state index contributed by atoms with van der Waals surface area (Å²) >= 11 is 0. The molecule has 1 aliphatic carbocycles. The van der Waals surface area contributed by atoms with Gasteiger partial charge in [0.1, 0.15) is 0 Å². The molecule has 1 saturated carbocycles. The van der Waals surface area contributed by atoms with Crippen LogP contribution in [0.25, 0.3) is 0 Å². The van der Waals surface area contributed by atoms with Crippen molar-refractivity contribution < 1.29 is 4.79 Å². The van der Waals surface area contributed by atoms with Crippen LogP contribution in [0.5, 0.6) is 0 Å². The molecule has 0 heterocycles. The summed E-state index contributed by atoms with van der Waals surface area (Å²) in [6.07, 6.45) is 3.71. The summed E-state index contributed by atoms with van der Waals surface area (Å²) in [6.45, 7) is 3.55. The Hall–Kier alpha value is -1.35. The summed E-state index contributed by atoms with van der Waals surface area (Å²) in [6, 6.07) is 10.1. The average Bonchev–Trinajstić information content (AvgIpc) is 2.36. The lowest BCUT2D eigenvalue weighted by molar-refractivity contribution is -0.140. The van der Waals surface area contributed by atoms with E-state index in [9.17, 15) is 4.79 Å². The lowest BCUT2D eigenvalue weighted by Crippen LogP contribution is -2.59. The predicted octanol–water partition coefficient (Wildman–Crippen LogP) is 2.31. The SMILES string of the molecule is CCCN(Cc1ccccc1)C(=O)C1(N)CCC1. The minimum absolute atomic E-state index is 0.124. The molecule has 2 N–H and O–H groups in total. The Morgan fingerprint density at radius 3 is 2.50 bits per heavy atom. The van der Waals surface area contributed by atoms with Crippen molar-refractivity contribution in [1.29, 1.82) is 0 Å². The zero-order chi connectivity index (χ0) is 13.0. The van der Waals surface area contributed by atoms with Crippen LogP contribution in [0.3, 0.4) is 0 Å². The van der Waals surface area contributed by atoms with Gasteiger partial charge in [0.15, 0.2) is 0 Å². The quantitative estimate of drug-likeness (QED) is 0.866. The van der Waals surface area contributed by atoms with Gasteiger partial charge in [-0.3, -0.25) is 4.79 Å². The molecule has 3 heteroatoms. The molecule has 0 radical (unpaired) electrons. The molecule has 18 heavy (non-hydrogen) atoms. The fourth-order valence-corrected chi connectivity index (χ4v) is 2.41. The first kappa shape index (κ1) is 13.1. The van der Waals surface area contributed by atoms with Crippen LogP contribution < -0.4 is 5.73 Å². The molecule has 1 aromatic rings. The Kier molecular flexibility index (Phi) is 4.02. The Morgan fingerprint density at radius 2 is 2.00 bits per heavy atom. The van der Waals surface area contributed by atoms with Gasteiger partial charge in [0.25, 0.3) is 0 Å². The van der Waals surface area contributed by atoms with Gasteiger partial charge in [-0.15, -0.1) is 0 Å². The molecule has 0 saturated heterocycles. The van der Waals surface area contributed by atoms with Crippen molar-refractivity contribution >= 4 is 5.91 Å².